The number of rotatable bonds is 2. The van der Waals surface area contributed by atoms with Crippen LogP contribution in [-0.4, -0.2) is 26.0 Å². The fraction of sp³-hybridized carbons (Fsp3) is 0.0909. The summed E-state index contributed by atoms with van der Waals surface area (Å²) in [6, 6.07) is 5.35. The number of carboxylic acids is 1. The SMILES string of the molecule is Nc1c(C(F)(F)F)c(C(=O)O)nn1-c1ccccc1O. The Balaban J connectivity index is 2.75. The number of nitrogen functional groups attached to an aromatic ring is 1. The van der Waals surface area contributed by atoms with Crippen molar-refractivity contribution in [2.24, 2.45) is 0 Å². The van der Waals surface area contributed by atoms with Crippen molar-refractivity contribution in [3.05, 3.63) is 35.5 Å². The van der Waals surface area contributed by atoms with Gasteiger partial charge in [-0.2, -0.15) is 18.3 Å². The summed E-state index contributed by atoms with van der Waals surface area (Å²) in [5, 5.41) is 21.7. The van der Waals surface area contributed by atoms with Gasteiger partial charge < -0.3 is 15.9 Å². The van der Waals surface area contributed by atoms with Crippen LogP contribution in [0.25, 0.3) is 5.69 Å². The number of carbonyl (C=O) groups is 1. The second-order valence-electron chi connectivity index (χ2n) is 3.81. The molecule has 1 aromatic heterocycles. The third-order valence-corrected chi connectivity index (χ3v) is 2.52. The molecular weight excluding hydrogens is 279 g/mol. The molecule has 0 aliphatic heterocycles. The van der Waals surface area contributed by atoms with E-state index in [1.807, 2.05) is 0 Å². The highest BCUT2D eigenvalue weighted by molar-refractivity contribution is 5.89. The van der Waals surface area contributed by atoms with Gasteiger partial charge >= 0.3 is 12.1 Å². The van der Waals surface area contributed by atoms with Crippen molar-refractivity contribution < 1.29 is 28.2 Å². The molecular formula is C11H8F3N3O3. The average molecular weight is 287 g/mol. The Labute approximate surface area is 109 Å². The number of para-hydroxylation sites is 2. The van der Waals surface area contributed by atoms with Gasteiger partial charge in [0.05, 0.1) is 0 Å². The smallest absolute Gasteiger partial charge is 0.422 e. The highest BCUT2D eigenvalue weighted by Gasteiger charge is 2.42. The summed E-state index contributed by atoms with van der Waals surface area (Å²) in [5.74, 6) is -3.15. The number of benzene rings is 1. The van der Waals surface area contributed by atoms with Crippen LogP contribution in [0.5, 0.6) is 5.75 Å². The molecule has 1 aromatic carbocycles. The number of halogens is 3. The first-order valence-corrected chi connectivity index (χ1v) is 5.21. The van der Waals surface area contributed by atoms with Crippen molar-refractivity contribution in [1.82, 2.24) is 9.78 Å². The lowest BCUT2D eigenvalue weighted by molar-refractivity contribution is -0.137. The first kappa shape index (κ1) is 13.7. The predicted molar refractivity (Wildman–Crippen MR) is 61.6 cm³/mol. The minimum Gasteiger partial charge on any atom is -0.506 e. The molecule has 1 heterocycles. The molecule has 2 rings (SSSR count). The Kier molecular flexibility index (Phi) is 3.04. The predicted octanol–water partition coefficient (Wildman–Crippen LogP) is 1.88. The van der Waals surface area contributed by atoms with Gasteiger partial charge in [-0.05, 0) is 12.1 Å². The van der Waals surface area contributed by atoms with Gasteiger partial charge in [-0.25, -0.2) is 9.48 Å². The van der Waals surface area contributed by atoms with Crippen molar-refractivity contribution in [2.45, 2.75) is 6.18 Å². The fourth-order valence-corrected chi connectivity index (χ4v) is 1.69. The summed E-state index contributed by atoms with van der Waals surface area (Å²) in [6.07, 6.45) is -4.97. The Morgan fingerprint density at radius 1 is 1.30 bits per heavy atom. The average Bonchev–Trinajstić information content (AvgIpc) is 2.67. The molecule has 0 aliphatic carbocycles. The van der Waals surface area contributed by atoms with Crippen LogP contribution in [0.15, 0.2) is 24.3 Å². The van der Waals surface area contributed by atoms with Crippen LogP contribution in [0.2, 0.25) is 0 Å². The summed E-state index contributed by atoms with van der Waals surface area (Å²) in [7, 11) is 0. The number of phenolic OH excluding ortho intramolecular Hbond substituents is 1. The molecule has 2 aromatic rings. The lowest BCUT2D eigenvalue weighted by Gasteiger charge is -2.08. The molecule has 0 unspecified atom stereocenters. The number of aromatic carboxylic acids is 1. The lowest BCUT2D eigenvalue weighted by Crippen LogP contribution is -2.13. The van der Waals surface area contributed by atoms with Gasteiger partial charge in [-0.3, -0.25) is 0 Å². The van der Waals surface area contributed by atoms with Crippen molar-refractivity contribution in [1.29, 1.82) is 0 Å². The van der Waals surface area contributed by atoms with Gasteiger partial charge in [0.25, 0.3) is 0 Å². The van der Waals surface area contributed by atoms with Crippen LogP contribution < -0.4 is 5.73 Å². The summed E-state index contributed by atoms with van der Waals surface area (Å²) < 4.78 is 39.1. The van der Waals surface area contributed by atoms with E-state index in [-0.39, 0.29) is 11.4 Å². The molecule has 0 saturated heterocycles. The first-order chi connectivity index (χ1) is 9.23. The minimum atomic E-state index is -4.97. The van der Waals surface area contributed by atoms with Crippen LogP contribution in [0.4, 0.5) is 19.0 Å². The van der Waals surface area contributed by atoms with E-state index in [9.17, 15) is 23.1 Å². The van der Waals surface area contributed by atoms with Crippen molar-refractivity contribution >= 4 is 11.8 Å². The minimum absolute atomic E-state index is 0.150. The van der Waals surface area contributed by atoms with Crippen LogP contribution in [0, 0.1) is 0 Å². The maximum absolute atomic E-state index is 12.8. The molecule has 106 valence electrons. The molecule has 0 atom stereocenters. The zero-order valence-electron chi connectivity index (χ0n) is 9.72. The maximum atomic E-state index is 12.8. The zero-order valence-corrected chi connectivity index (χ0v) is 9.72. The fourth-order valence-electron chi connectivity index (χ4n) is 1.69. The Hall–Kier alpha value is -2.71. The Morgan fingerprint density at radius 2 is 1.90 bits per heavy atom. The van der Waals surface area contributed by atoms with Gasteiger partial charge in [0, 0.05) is 0 Å². The van der Waals surface area contributed by atoms with Crippen molar-refractivity contribution in [3.8, 4) is 11.4 Å². The van der Waals surface area contributed by atoms with E-state index in [1.54, 1.807) is 0 Å². The summed E-state index contributed by atoms with van der Waals surface area (Å²) in [5.41, 5.74) is 2.41. The monoisotopic (exact) mass is 287 g/mol. The third kappa shape index (κ3) is 2.13. The zero-order chi connectivity index (χ0) is 15.1. The third-order valence-electron chi connectivity index (χ3n) is 2.52. The molecule has 0 fully saturated rings. The van der Waals surface area contributed by atoms with Gasteiger partial charge in [0.2, 0.25) is 0 Å². The van der Waals surface area contributed by atoms with Gasteiger partial charge in [-0.15, -0.1) is 0 Å². The van der Waals surface area contributed by atoms with E-state index < -0.39 is 29.2 Å². The van der Waals surface area contributed by atoms with E-state index >= 15 is 0 Å². The summed E-state index contributed by atoms with van der Waals surface area (Å²) in [6.45, 7) is 0. The molecule has 9 heteroatoms. The van der Waals surface area contributed by atoms with E-state index in [0.29, 0.717) is 4.68 Å². The number of alkyl halides is 3. The standard InChI is InChI=1S/C11H8F3N3O3/c12-11(13,14)7-8(10(19)20)16-17(9(7)15)5-3-1-2-4-6(5)18/h1-4,18H,15H2,(H,19,20). The highest BCUT2D eigenvalue weighted by Crippen LogP contribution is 2.38. The number of nitrogens with two attached hydrogens (primary N) is 1. The number of phenols is 1. The molecule has 0 amide bonds. The topological polar surface area (TPSA) is 101 Å². The van der Waals surface area contributed by atoms with E-state index in [0.717, 1.165) is 0 Å². The van der Waals surface area contributed by atoms with E-state index in [2.05, 4.69) is 5.10 Å². The van der Waals surface area contributed by atoms with Crippen LogP contribution in [0.3, 0.4) is 0 Å². The number of carboxylic acid groups (broad SMARTS) is 1. The molecule has 0 spiro atoms. The lowest BCUT2D eigenvalue weighted by atomic mass is 10.2. The quantitative estimate of drug-likeness (QED) is 0.782. The Bertz CT molecular complexity index is 679. The molecule has 4 N–H and O–H groups in total. The van der Waals surface area contributed by atoms with Gasteiger partial charge in [0.15, 0.2) is 5.69 Å². The first-order valence-electron chi connectivity index (χ1n) is 5.21. The summed E-state index contributed by atoms with van der Waals surface area (Å²) >= 11 is 0. The van der Waals surface area contributed by atoms with E-state index in [1.165, 1.54) is 24.3 Å². The van der Waals surface area contributed by atoms with Crippen LogP contribution >= 0.6 is 0 Å². The summed E-state index contributed by atoms with van der Waals surface area (Å²) in [4.78, 5) is 10.9. The molecule has 6 nitrogen and oxygen atoms in total. The number of hydrogen-bond donors (Lipinski definition) is 3. The molecule has 0 saturated carbocycles. The second-order valence-corrected chi connectivity index (χ2v) is 3.81. The van der Waals surface area contributed by atoms with Gasteiger partial charge in [-0.1, -0.05) is 12.1 Å². The number of anilines is 1. The normalized spacial score (nSPS) is 11.6. The molecule has 0 bridgehead atoms. The number of aromatic nitrogens is 2. The second kappa shape index (κ2) is 4.44. The van der Waals surface area contributed by atoms with Crippen molar-refractivity contribution in [2.75, 3.05) is 5.73 Å². The maximum Gasteiger partial charge on any atom is 0.422 e. The highest BCUT2D eigenvalue weighted by atomic mass is 19.4. The van der Waals surface area contributed by atoms with Crippen LogP contribution in [-0.2, 0) is 6.18 Å². The largest absolute Gasteiger partial charge is 0.506 e. The molecule has 0 aliphatic rings. The number of aromatic hydroxyl groups is 1. The number of hydrogen-bond acceptors (Lipinski definition) is 4. The number of nitrogens with zero attached hydrogens (tertiary/aromatic N) is 2. The molecule has 20 heavy (non-hydrogen) atoms. The van der Waals surface area contributed by atoms with Crippen LogP contribution in [0.1, 0.15) is 16.1 Å². The van der Waals surface area contributed by atoms with E-state index in [4.69, 9.17) is 10.8 Å². The molecule has 0 radical (unpaired) electrons. The Morgan fingerprint density at radius 3 is 2.35 bits per heavy atom. The van der Waals surface area contributed by atoms with Gasteiger partial charge in [0.1, 0.15) is 22.8 Å². The van der Waals surface area contributed by atoms with Crippen molar-refractivity contribution in [3.63, 3.8) is 0 Å².